The van der Waals surface area contributed by atoms with Gasteiger partial charge in [0.05, 0.1) is 0 Å². The molecule has 0 saturated carbocycles. The van der Waals surface area contributed by atoms with Gasteiger partial charge in [-0.25, -0.2) is 4.79 Å². The summed E-state index contributed by atoms with van der Waals surface area (Å²) in [6, 6.07) is 17.0. The van der Waals surface area contributed by atoms with Gasteiger partial charge in [-0.2, -0.15) is 0 Å². The second kappa shape index (κ2) is 10.3. The Labute approximate surface area is 202 Å². The summed E-state index contributed by atoms with van der Waals surface area (Å²) in [5.41, 5.74) is 7.10. The van der Waals surface area contributed by atoms with Gasteiger partial charge in [-0.3, -0.25) is 4.79 Å². The first-order valence-corrected chi connectivity index (χ1v) is 12.3. The number of rotatable bonds is 5. The lowest BCUT2D eigenvalue weighted by Crippen LogP contribution is -2.44. The molecule has 2 aromatic rings. The lowest BCUT2D eigenvalue weighted by Gasteiger charge is -2.31. The number of alkyl carbamates (subject to hydrolysis) is 1. The predicted octanol–water partition coefficient (Wildman–Crippen LogP) is 5.90. The largest absolute Gasteiger partial charge is 0.443 e. The fraction of sp³-hybridized carbons (Fsp3) is 0.379. The van der Waals surface area contributed by atoms with Crippen molar-refractivity contribution in [1.29, 1.82) is 0 Å². The van der Waals surface area contributed by atoms with E-state index in [-0.39, 0.29) is 12.5 Å². The van der Waals surface area contributed by atoms with Crippen molar-refractivity contribution in [2.24, 2.45) is 0 Å². The second-order valence-corrected chi connectivity index (χ2v) is 9.27. The molecule has 1 aliphatic heterocycles. The van der Waals surface area contributed by atoms with E-state index in [0.717, 1.165) is 25.7 Å². The molecular weight excluding hydrogens is 424 g/mol. The van der Waals surface area contributed by atoms with Gasteiger partial charge in [0.1, 0.15) is 12.1 Å². The molecule has 0 unspecified atom stereocenters. The number of hydrogen-bond acceptors (Lipinski definition) is 3. The van der Waals surface area contributed by atoms with Crippen molar-refractivity contribution in [3.8, 4) is 0 Å². The summed E-state index contributed by atoms with van der Waals surface area (Å²) in [4.78, 5) is 26.8. The van der Waals surface area contributed by atoms with Crippen LogP contribution in [0.4, 0.5) is 4.79 Å². The highest BCUT2D eigenvalue weighted by atomic mass is 16.6. The SMILES string of the molecule is CCC(C)(CC)OC(=O)NCC(=O)N1CCC(=C2c3ccccc3C=Cc3ccccc32)CC1. The molecule has 0 aromatic heterocycles. The van der Waals surface area contributed by atoms with Crippen molar-refractivity contribution in [2.45, 2.75) is 52.1 Å². The van der Waals surface area contributed by atoms with E-state index >= 15 is 0 Å². The molecule has 5 nitrogen and oxygen atoms in total. The molecule has 1 fully saturated rings. The first kappa shape index (κ1) is 23.8. The van der Waals surface area contributed by atoms with Gasteiger partial charge in [-0.15, -0.1) is 0 Å². The highest BCUT2D eigenvalue weighted by Crippen LogP contribution is 2.38. The van der Waals surface area contributed by atoms with Crippen molar-refractivity contribution in [1.82, 2.24) is 10.2 Å². The molecule has 1 saturated heterocycles. The van der Waals surface area contributed by atoms with Crippen LogP contribution in [0.3, 0.4) is 0 Å². The monoisotopic (exact) mass is 458 g/mol. The van der Waals surface area contributed by atoms with Crippen molar-refractivity contribution in [2.75, 3.05) is 19.6 Å². The number of piperidine rings is 1. The van der Waals surface area contributed by atoms with Crippen molar-refractivity contribution < 1.29 is 14.3 Å². The predicted molar refractivity (Wildman–Crippen MR) is 137 cm³/mol. The highest BCUT2D eigenvalue weighted by molar-refractivity contribution is 5.95. The van der Waals surface area contributed by atoms with Crippen LogP contribution in [0.5, 0.6) is 0 Å². The number of hydrogen-bond donors (Lipinski definition) is 1. The molecule has 0 spiro atoms. The molecule has 2 aliphatic rings. The Bertz CT molecular complexity index is 1070. The maximum atomic E-state index is 12.8. The van der Waals surface area contributed by atoms with E-state index in [9.17, 15) is 9.59 Å². The quantitative estimate of drug-likeness (QED) is 0.518. The number of fused-ring (bicyclic) bond motifs is 2. The molecule has 1 N–H and O–H groups in total. The summed E-state index contributed by atoms with van der Waals surface area (Å²) in [7, 11) is 0. The van der Waals surface area contributed by atoms with Crippen molar-refractivity contribution in [3.05, 3.63) is 76.4 Å². The molecule has 2 amide bonds. The van der Waals surface area contributed by atoms with Crippen LogP contribution in [0.2, 0.25) is 0 Å². The molecule has 5 heteroatoms. The minimum absolute atomic E-state index is 0.0379. The Hall–Kier alpha value is -3.34. The average molecular weight is 459 g/mol. The first-order valence-electron chi connectivity index (χ1n) is 12.3. The van der Waals surface area contributed by atoms with Crippen molar-refractivity contribution in [3.63, 3.8) is 0 Å². The normalized spacial score (nSPS) is 15.3. The van der Waals surface area contributed by atoms with Crippen LogP contribution in [0.25, 0.3) is 17.7 Å². The maximum absolute atomic E-state index is 12.8. The summed E-state index contributed by atoms with van der Waals surface area (Å²) in [6.07, 6.45) is 6.95. The van der Waals surface area contributed by atoms with Gasteiger partial charge in [0, 0.05) is 13.1 Å². The smallest absolute Gasteiger partial charge is 0.408 e. The number of carbonyl (C=O) groups is 2. The van der Waals surface area contributed by atoms with Crippen LogP contribution in [0.1, 0.15) is 68.7 Å². The molecule has 2 aromatic carbocycles. The van der Waals surface area contributed by atoms with E-state index in [1.807, 2.05) is 25.7 Å². The first-order chi connectivity index (χ1) is 16.4. The number of ether oxygens (including phenoxy) is 1. The second-order valence-electron chi connectivity index (χ2n) is 9.27. The standard InChI is InChI=1S/C29H34N2O3/c1-4-29(3,5-2)34-28(33)30-20-26(32)31-18-16-23(17-19-31)27-24-12-8-6-10-21(24)14-15-22-11-7-9-13-25(22)27/h6-15H,4-5,16-20H2,1-3H3,(H,30,33). The number of likely N-dealkylation sites (tertiary alicyclic amines) is 1. The third-order valence-electron chi connectivity index (χ3n) is 7.19. The van der Waals surface area contributed by atoms with Crippen LogP contribution in [-0.2, 0) is 9.53 Å². The zero-order valence-corrected chi connectivity index (χ0v) is 20.4. The van der Waals surface area contributed by atoms with Gasteiger partial charge in [0.15, 0.2) is 0 Å². The van der Waals surface area contributed by atoms with E-state index in [2.05, 4.69) is 66.0 Å². The molecule has 1 aliphatic carbocycles. The molecule has 0 radical (unpaired) electrons. The number of nitrogens with one attached hydrogen (secondary N) is 1. The summed E-state index contributed by atoms with van der Waals surface area (Å²) in [6.45, 7) is 7.14. The molecule has 0 bridgehead atoms. The molecule has 1 heterocycles. The van der Waals surface area contributed by atoms with Crippen LogP contribution < -0.4 is 5.32 Å². The molecule has 34 heavy (non-hydrogen) atoms. The van der Waals surface area contributed by atoms with E-state index in [4.69, 9.17) is 4.74 Å². The van der Waals surface area contributed by atoms with Crippen LogP contribution >= 0.6 is 0 Å². The topological polar surface area (TPSA) is 58.6 Å². The fourth-order valence-electron chi connectivity index (χ4n) is 4.64. The Balaban J connectivity index is 1.46. The number of carbonyl (C=O) groups excluding carboxylic acids is 2. The minimum atomic E-state index is -0.529. The van der Waals surface area contributed by atoms with E-state index in [0.29, 0.717) is 13.1 Å². The van der Waals surface area contributed by atoms with Gasteiger partial charge in [0.2, 0.25) is 5.91 Å². The Kier molecular flexibility index (Phi) is 7.20. The molecule has 178 valence electrons. The average Bonchev–Trinajstić information content (AvgIpc) is 3.04. The number of amides is 2. The summed E-state index contributed by atoms with van der Waals surface area (Å²) in [5, 5.41) is 2.64. The third kappa shape index (κ3) is 5.09. The van der Waals surface area contributed by atoms with Gasteiger partial charge in [0.25, 0.3) is 0 Å². The minimum Gasteiger partial charge on any atom is -0.443 e. The van der Waals surface area contributed by atoms with E-state index in [1.54, 1.807) is 0 Å². The molecule has 4 rings (SSSR count). The van der Waals surface area contributed by atoms with Crippen LogP contribution in [0, 0.1) is 0 Å². The van der Waals surface area contributed by atoms with Crippen molar-refractivity contribution >= 4 is 29.7 Å². The fourth-order valence-corrected chi connectivity index (χ4v) is 4.64. The molecule has 0 atom stereocenters. The zero-order valence-electron chi connectivity index (χ0n) is 20.4. The Morgan fingerprint density at radius 3 is 1.97 bits per heavy atom. The van der Waals surface area contributed by atoms with Gasteiger partial charge < -0.3 is 15.0 Å². The summed E-state index contributed by atoms with van der Waals surface area (Å²) in [5.74, 6) is -0.0703. The Morgan fingerprint density at radius 1 is 0.912 bits per heavy atom. The lowest BCUT2D eigenvalue weighted by atomic mass is 9.86. The van der Waals surface area contributed by atoms with Gasteiger partial charge in [-0.1, -0.05) is 80.1 Å². The third-order valence-corrected chi connectivity index (χ3v) is 7.19. The number of nitrogens with zero attached hydrogens (tertiary/aromatic N) is 1. The van der Waals surface area contributed by atoms with Gasteiger partial charge >= 0.3 is 6.09 Å². The van der Waals surface area contributed by atoms with Gasteiger partial charge in [-0.05, 0) is 60.4 Å². The summed E-state index contributed by atoms with van der Waals surface area (Å²) >= 11 is 0. The highest BCUT2D eigenvalue weighted by Gasteiger charge is 2.27. The zero-order chi connectivity index (χ0) is 24.1. The summed E-state index contributed by atoms with van der Waals surface area (Å²) < 4.78 is 5.51. The Morgan fingerprint density at radius 2 is 1.44 bits per heavy atom. The van der Waals surface area contributed by atoms with E-state index < -0.39 is 11.7 Å². The van der Waals surface area contributed by atoms with E-state index in [1.165, 1.54) is 33.4 Å². The number of benzene rings is 2. The molecular formula is C29H34N2O3. The lowest BCUT2D eigenvalue weighted by molar-refractivity contribution is -0.130. The maximum Gasteiger partial charge on any atom is 0.408 e. The van der Waals surface area contributed by atoms with Crippen LogP contribution in [-0.4, -0.2) is 42.1 Å². The van der Waals surface area contributed by atoms with Crippen LogP contribution in [0.15, 0.2) is 54.1 Å².